The van der Waals surface area contributed by atoms with E-state index in [9.17, 15) is 4.79 Å². The molecule has 6 heteroatoms. The van der Waals surface area contributed by atoms with Crippen molar-refractivity contribution in [2.45, 2.75) is 26.4 Å². The van der Waals surface area contributed by atoms with Crippen molar-refractivity contribution in [2.75, 3.05) is 19.4 Å². The highest BCUT2D eigenvalue weighted by Gasteiger charge is 2.18. The molecule has 0 saturated carbocycles. The van der Waals surface area contributed by atoms with Crippen LogP contribution in [0.2, 0.25) is 0 Å². The third-order valence-electron chi connectivity index (χ3n) is 2.33. The van der Waals surface area contributed by atoms with E-state index in [0.29, 0.717) is 12.2 Å². The molecule has 1 amide bonds. The van der Waals surface area contributed by atoms with E-state index in [4.69, 9.17) is 10.5 Å². The summed E-state index contributed by atoms with van der Waals surface area (Å²) >= 11 is 0. The lowest BCUT2D eigenvalue weighted by atomic mass is 10.1. The molecule has 0 saturated heterocycles. The zero-order chi connectivity index (χ0) is 13.1. The summed E-state index contributed by atoms with van der Waals surface area (Å²) in [5.41, 5.74) is 5.99. The third-order valence-corrected chi connectivity index (χ3v) is 2.33. The standard InChI is InChI=1S/C11H18N4O2/c1-7-5-8(15-10(12)14-7)9(16)13-6-11(2,3)17-4/h5H,6H2,1-4H3,(H,13,16)(H2,12,14,15). The van der Waals surface area contributed by atoms with E-state index in [1.807, 2.05) is 13.8 Å². The second kappa shape index (κ2) is 5.09. The molecule has 1 heterocycles. The predicted octanol–water partition coefficient (Wildman–Crippen LogP) is 0.522. The molecule has 17 heavy (non-hydrogen) atoms. The van der Waals surface area contributed by atoms with Crippen LogP contribution in [0, 0.1) is 6.92 Å². The molecule has 0 aliphatic carbocycles. The Morgan fingerprint density at radius 3 is 2.71 bits per heavy atom. The SMILES string of the molecule is COC(C)(C)CNC(=O)c1cc(C)nc(N)n1. The van der Waals surface area contributed by atoms with E-state index in [2.05, 4.69) is 15.3 Å². The number of methoxy groups -OCH3 is 1. The predicted molar refractivity (Wildman–Crippen MR) is 64.6 cm³/mol. The number of nitrogen functional groups attached to an aromatic ring is 1. The Kier molecular flexibility index (Phi) is 4.01. The largest absolute Gasteiger partial charge is 0.377 e. The second-order valence-electron chi connectivity index (χ2n) is 4.40. The van der Waals surface area contributed by atoms with Gasteiger partial charge in [-0.25, -0.2) is 9.97 Å². The lowest BCUT2D eigenvalue weighted by Gasteiger charge is -2.22. The van der Waals surface area contributed by atoms with Crippen LogP contribution in [0.5, 0.6) is 0 Å². The molecule has 0 atom stereocenters. The number of nitrogens with two attached hydrogens (primary N) is 1. The van der Waals surface area contributed by atoms with Gasteiger partial charge in [-0.2, -0.15) is 0 Å². The van der Waals surface area contributed by atoms with Crippen molar-refractivity contribution >= 4 is 11.9 Å². The summed E-state index contributed by atoms with van der Waals surface area (Å²) in [5, 5.41) is 2.73. The minimum atomic E-state index is -0.413. The second-order valence-corrected chi connectivity index (χ2v) is 4.40. The first-order valence-corrected chi connectivity index (χ1v) is 5.28. The zero-order valence-electron chi connectivity index (χ0n) is 10.6. The summed E-state index contributed by atoms with van der Waals surface area (Å²) in [4.78, 5) is 19.6. The van der Waals surface area contributed by atoms with Crippen LogP contribution in [-0.2, 0) is 4.74 Å². The van der Waals surface area contributed by atoms with E-state index in [1.165, 1.54) is 0 Å². The topological polar surface area (TPSA) is 90.1 Å². The third kappa shape index (κ3) is 3.99. The molecule has 0 radical (unpaired) electrons. The molecule has 6 nitrogen and oxygen atoms in total. The number of anilines is 1. The maximum absolute atomic E-state index is 11.8. The average molecular weight is 238 g/mol. The Labute approximate surface area is 101 Å². The molecular weight excluding hydrogens is 220 g/mol. The van der Waals surface area contributed by atoms with Crippen molar-refractivity contribution in [2.24, 2.45) is 0 Å². The van der Waals surface area contributed by atoms with E-state index >= 15 is 0 Å². The molecule has 0 aliphatic heterocycles. The highest BCUT2D eigenvalue weighted by molar-refractivity contribution is 5.92. The number of nitrogens with zero attached hydrogens (tertiary/aromatic N) is 2. The number of amides is 1. The Bertz CT molecular complexity index is 398. The van der Waals surface area contributed by atoms with Gasteiger partial charge in [-0.3, -0.25) is 4.79 Å². The molecule has 0 spiro atoms. The number of nitrogens with one attached hydrogen (secondary N) is 1. The Balaban J connectivity index is 2.70. The van der Waals surface area contributed by atoms with Gasteiger partial charge < -0.3 is 15.8 Å². The number of aryl methyl sites for hydroxylation is 1. The van der Waals surface area contributed by atoms with E-state index in [0.717, 1.165) is 0 Å². The number of carbonyl (C=O) groups excluding carboxylic acids is 1. The molecule has 94 valence electrons. The van der Waals surface area contributed by atoms with Crippen LogP contribution in [-0.4, -0.2) is 35.1 Å². The van der Waals surface area contributed by atoms with E-state index in [-0.39, 0.29) is 17.5 Å². The van der Waals surface area contributed by atoms with Gasteiger partial charge in [0.15, 0.2) is 0 Å². The molecular formula is C11H18N4O2. The minimum Gasteiger partial charge on any atom is -0.377 e. The van der Waals surface area contributed by atoms with Crippen molar-refractivity contribution < 1.29 is 9.53 Å². The average Bonchev–Trinajstić information content (AvgIpc) is 2.24. The zero-order valence-corrected chi connectivity index (χ0v) is 10.6. The molecule has 0 aliphatic rings. The maximum atomic E-state index is 11.8. The van der Waals surface area contributed by atoms with Crippen LogP contribution in [0.25, 0.3) is 0 Å². The molecule has 1 rings (SSSR count). The van der Waals surface area contributed by atoms with Crippen molar-refractivity contribution in [3.63, 3.8) is 0 Å². The van der Waals surface area contributed by atoms with Gasteiger partial charge in [0.25, 0.3) is 5.91 Å². The summed E-state index contributed by atoms with van der Waals surface area (Å²) < 4.78 is 5.20. The van der Waals surface area contributed by atoms with Gasteiger partial charge in [-0.15, -0.1) is 0 Å². The first-order chi connectivity index (χ1) is 7.84. The highest BCUT2D eigenvalue weighted by Crippen LogP contribution is 2.06. The fraction of sp³-hybridized carbons (Fsp3) is 0.545. The molecule has 3 N–H and O–H groups in total. The molecule has 1 aromatic rings. The number of hydrogen-bond acceptors (Lipinski definition) is 5. The van der Waals surface area contributed by atoms with Crippen LogP contribution in [0.4, 0.5) is 5.95 Å². The van der Waals surface area contributed by atoms with Crippen LogP contribution in [0.15, 0.2) is 6.07 Å². The Morgan fingerprint density at radius 2 is 2.18 bits per heavy atom. The quantitative estimate of drug-likeness (QED) is 0.798. The molecule has 0 unspecified atom stereocenters. The summed E-state index contributed by atoms with van der Waals surface area (Å²) in [6.45, 7) is 5.92. The van der Waals surface area contributed by atoms with E-state index in [1.54, 1.807) is 20.1 Å². The lowest BCUT2D eigenvalue weighted by molar-refractivity contribution is 0.0228. The van der Waals surface area contributed by atoms with Gasteiger partial charge >= 0.3 is 0 Å². The Hall–Kier alpha value is -1.69. The minimum absolute atomic E-state index is 0.0983. The first kappa shape index (κ1) is 13.4. The summed E-state index contributed by atoms with van der Waals surface area (Å²) in [6, 6.07) is 1.59. The summed E-state index contributed by atoms with van der Waals surface area (Å²) in [7, 11) is 1.60. The summed E-state index contributed by atoms with van der Waals surface area (Å²) in [6.07, 6.45) is 0. The van der Waals surface area contributed by atoms with Crippen LogP contribution in [0.3, 0.4) is 0 Å². The van der Waals surface area contributed by atoms with Gasteiger partial charge in [-0.1, -0.05) is 0 Å². The van der Waals surface area contributed by atoms with Crippen LogP contribution >= 0.6 is 0 Å². The number of hydrogen-bond donors (Lipinski definition) is 2. The van der Waals surface area contributed by atoms with E-state index < -0.39 is 5.60 Å². The number of ether oxygens (including phenoxy) is 1. The molecule has 0 bridgehead atoms. The van der Waals surface area contributed by atoms with Crippen molar-refractivity contribution in [1.82, 2.24) is 15.3 Å². The lowest BCUT2D eigenvalue weighted by Crippen LogP contribution is -2.40. The maximum Gasteiger partial charge on any atom is 0.270 e. The molecule has 0 aromatic carbocycles. The number of aromatic nitrogens is 2. The van der Waals surface area contributed by atoms with Crippen LogP contribution < -0.4 is 11.1 Å². The highest BCUT2D eigenvalue weighted by atomic mass is 16.5. The number of carbonyl (C=O) groups is 1. The normalized spacial score (nSPS) is 11.3. The van der Waals surface area contributed by atoms with Crippen molar-refractivity contribution in [3.05, 3.63) is 17.5 Å². The fourth-order valence-electron chi connectivity index (χ4n) is 1.16. The number of rotatable bonds is 4. The Morgan fingerprint density at radius 1 is 1.53 bits per heavy atom. The van der Waals surface area contributed by atoms with Gasteiger partial charge in [0, 0.05) is 19.3 Å². The van der Waals surface area contributed by atoms with Gasteiger partial charge in [0.05, 0.1) is 5.60 Å². The van der Waals surface area contributed by atoms with Crippen molar-refractivity contribution in [1.29, 1.82) is 0 Å². The fourth-order valence-corrected chi connectivity index (χ4v) is 1.16. The van der Waals surface area contributed by atoms with Gasteiger partial charge in [0.2, 0.25) is 5.95 Å². The smallest absolute Gasteiger partial charge is 0.270 e. The molecule has 0 fully saturated rings. The van der Waals surface area contributed by atoms with Gasteiger partial charge in [-0.05, 0) is 26.8 Å². The first-order valence-electron chi connectivity index (χ1n) is 5.28. The van der Waals surface area contributed by atoms with Crippen LogP contribution in [0.1, 0.15) is 30.0 Å². The van der Waals surface area contributed by atoms with Crippen molar-refractivity contribution in [3.8, 4) is 0 Å². The summed E-state index contributed by atoms with van der Waals surface area (Å²) in [5.74, 6) is -0.187. The molecule has 1 aromatic heterocycles. The van der Waals surface area contributed by atoms with Gasteiger partial charge in [0.1, 0.15) is 5.69 Å². The monoisotopic (exact) mass is 238 g/mol.